The van der Waals surface area contributed by atoms with E-state index in [0.29, 0.717) is 39.0 Å². The highest BCUT2D eigenvalue weighted by Crippen LogP contribution is 2.28. The molecule has 8 nitrogen and oxygen atoms in total. The highest BCUT2D eigenvalue weighted by atomic mass is 16.5. The van der Waals surface area contributed by atoms with Crippen molar-refractivity contribution in [3.05, 3.63) is 0 Å². The largest absolute Gasteiger partial charge is 0.383 e. The Balaban J connectivity index is 1.93. The number of ether oxygens (including phenoxy) is 1. The van der Waals surface area contributed by atoms with E-state index in [0.717, 1.165) is 32.5 Å². The third kappa shape index (κ3) is 8.32. The number of ketones is 1. The van der Waals surface area contributed by atoms with E-state index in [-0.39, 0.29) is 36.1 Å². The number of urea groups is 1. The zero-order valence-corrected chi connectivity index (χ0v) is 18.8. The number of rotatable bonds is 11. The molecule has 2 fully saturated rings. The second kappa shape index (κ2) is 13.7. The standard InChI is InChI=1S/C22H40N4O4/c1-23-17-19(15-18-7-6-8-20(27)16-18)21(28)26(13-14-30-2)22(29)24-9-12-25-10-4-3-5-11-25/h18-19,23H,3-17H2,1-2H3,(H,24,29)/t18-,19-/m1/s1. The van der Waals surface area contributed by atoms with Gasteiger partial charge in [-0.3, -0.25) is 14.5 Å². The first kappa shape index (κ1) is 24.8. The summed E-state index contributed by atoms with van der Waals surface area (Å²) in [6.07, 6.45) is 7.41. The quantitative estimate of drug-likeness (QED) is 0.524. The number of imide groups is 1. The van der Waals surface area contributed by atoms with Crippen molar-refractivity contribution >= 4 is 17.7 Å². The Labute approximate surface area is 181 Å². The van der Waals surface area contributed by atoms with Gasteiger partial charge in [0.05, 0.1) is 19.1 Å². The minimum Gasteiger partial charge on any atom is -0.383 e. The summed E-state index contributed by atoms with van der Waals surface area (Å²) in [5.41, 5.74) is 0. The van der Waals surface area contributed by atoms with Crippen LogP contribution in [0, 0.1) is 11.8 Å². The van der Waals surface area contributed by atoms with E-state index < -0.39 is 0 Å². The molecule has 30 heavy (non-hydrogen) atoms. The molecule has 2 atom stereocenters. The molecule has 172 valence electrons. The summed E-state index contributed by atoms with van der Waals surface area (Å²) in [7, 11) is 3.38. The number of carbonyl (C=O) groups excluding carboxylic acids is 3. The molecule has 1 saturated carbocycles. The van der Waals surface area contributed by atoms with E-state index in [1.54, 1.807) is 7.11 Å². The molecule has 2 rings (SSSR count). The summed E-state index contributed by atoms with van der Waals surface area (Å²) in [6.45, 7) is 4.52. The van der Waals surface area contributed by atoms with Crippen molar-refractivity contribution in [2.75, 3.05) is 60.0 Å². The predicted octanol–water partition coefficient (Wildman–Crippen LogP) is 1.64. The molecule has 1 aliphatic carbocycles. The fourth-order valence-corrected chi connectivity index (χ4v) is 4.55. The van der Waals surface area contributed by atoms with Crippen LogP contribution in [0.15, 0.2) is 0 Å². The van der Waals surface area contributed by atoms with E-state index in [1.807, 2.05) is 7.05 Å². The minimum atomic E-state index is -0.352. The monoisotopic (exact) mass is 424 g/mol. The Morgan fingerprint density at radius 3 is 2.67 bits per heavy atom. The molecule has 0 aromatic heterocycles. The molecule has 1 saturated heterocycles. The minimum absolute atomic E-state index is 0.185. The van der Waals surface area contributed by atoms with Crippen LogP contribution in [0.4, 0.5) is 4.79 Å². The Bertz CT molecular complexity index is 551. The van der Waals surface area contributed by atoms with Gasteiger partial charge in [-0.25, -0.2) is 4.79 Å². The van der Waals surface area contributed by atoms with Crippen molar-refractivity contribution in [3.63, 3.8) is 0 Å². The molecule has 0 spiro atoms. The van der Waals surface area contributed by atoms with E-state index >= 15 is 0 Å². The first-order valence-corrected chi connectivity index (χ1v) is 11.5. The number of hydrogen-bond acceptors (Lipinski definition) is 6. The van der Waals surface area contributed by atoms with Gasteiger partial charge in [0.15, 0.2) is 0 Å². The summed E-state index contributed by atoms with van der Waals surface area (Å²) >= 11 is 0. The first-order chi connectivity index (χ1) is 14.5. The summed E-state index contributed by atoms with van der Waals surface area (Å²) < 4.78 is 5.13. The number of nitrogens with one attached hydrogen (secondary N) is 2. The number of Topliss-reactive ketones (excluding diaryl/α,β-unsaturated/α-hetero) is 1. The van der Waals surface area contributed by atoms with Crippen LogP contribution in [0.1, 0.15) is 51.4 Å². The van der Waals surface area contributed by atoms with Gasteiger partial charge in [0, 0.05) is 39.6 Å². The fraction of sp³-hybridized carbons (Fsp3) is 0.864. The third-order valence-electron chi connectivity index (χ3n) is 6.19. The highest BCUT2D eigenvalue weighted by Gasteiger charge is 2.31. The van der Waals surface area contributed by atoms with Gasteiger partial charge in [-0.15, -0.1) is 0 Å². The fourth-order valence-electron chi connectivity index (χ4n) is 4.55. The van der Waals surface area contributed by atoms with E-state index in [1.165, 1.54) is 24.2 Å². The van der Waals surface area contributed by atoms with Crippen LogP contribution in [0.2, 0.25) is 0 Å². The summed E-state index contributed by atoms with van der Waals surface area (Å²) in [6, 6.07) is -0.352. The predicted molar refractivity (Wildman–Crippen MR) is 116 cm³/mol. The van der Waals surface area contributed by atoms with Crippen molar-refractivity contribution in [2.45, 2.75) is 51.4 Å². The third-order valence-corrected chi connectivity index (χ3v) is 6.19. The average Bonchev–Trinajstić information content (AvgIpc) is 2.74. The van der Waals surface area contributed by atoms with Gasteiger partial charge < -0.3 is 20.3 Å². The van der Waals surface area contributed by atoms with Crippen LogP contribution in [-0.2, 0) is 14.3 Å². The van der Waals surface area contributed by atoms with Gasteiger partial charge >= 0.3 is 6.03 Å². The Morgan fingerprint density at radius 2 is 2.00 bits per heavy atom. The lowest BCUT2D eigenvalue weighted by molar-refractivity contribution is -0.134. The average molecular weight is 425 g/mol. The van der Waals surface area contributed by atoms with Crippen LogP contribution in [0.5, 0.6) is 0 Å². The molecule has 1 heterocycles. The van der Waals surface area contributed by atoms with Crippen LogP contribution in [0.3, 0.4) is 0 Å². The lowest BCUT2D eigenvalue weighted by atomic mass is 9.81. The summed E-state index contributed by atoms with van der Waals surface area (Å²) in [5.74, 6) is -0.000847. The number of hydrogen-bond donors (Lipinski definition) is 2. The summed E-state index contributed by atoms with van der Waals surface area (Å²) in [4.78, 5) is 41.6. The normalized spacial score (nSPS) is 21.3. The Hall–Kier alpha value is -1.51. The molecular weight excluding hydrogens is 384 g/mol. The van der Waals surface area contributed by atoms with E-state index in [2.05, 4.69) is 15.5 Å². The van der Waals surface area contributed by atoms with Crippen molar-refractivity contribution in [2.24, 2.45) is 11.8 Å². The first-order valence-electron chi connectivity index (χ1n) is 11.5. The lowest BCUT2D eigenvalue weighted by Gasteiger charge is -2.30. The molecule has 0 unspecified atom stereocenters. The maximum atomic E-state index is 13.3. The van der Waals surface area contributed by atoms with Gasteiger partial charge in [0.25, 0.3) is 0 Å². The zero-order valence-electron chi connectivity index (χ0n) is 18.8. The molecular formula is C22H40N4O4. The van der Waals surface area contributed by atoms with Crippen LogP contribution in [0.25, 0.3) is 0 Å². The van der Waals surface area contributed by atoms with Crippen molar-refractivity contribution in [1.29, 1.82) is 0 Å². The molecule has 2 N–H and O–H groups in total. The Morgan fingerprint density at radius 1 is 1.23 bits per heavy atom. The van der Waals surface area contributed by atoms with Crippen molar-refractivity contribution in [3.8, 4) is 0 Å². The van der Waals surface area contributed by atoms with Gasteiger partial charge in [-0.05, 0) is 58.2 Å². The second-order valence-corrected chi connectivity index (χ2v) is 8.61. The number of piperidine rings is 1. The molecule has 0 radical (unpaired) electrons. The maximum Gasteiger partial charge on any atom is 0.324 e. The zero-order chi connectivity index (χ0) is 21.8. The summed E-state index contributed by atoms with van der Waals surface area (Å²) in [5, 5.41) is 6.01. The molecule has 2 aliphatic rings. The van der Waals surface area contributed by atoms with Crippen LogP contribution < -0.4 is 10.6 Å². The van der Waals surface area contributed by atoms with Crippen molar-refractivity contribution in [1.82, 2.24) is 20.4 Å². The van der Waals surface area contributed by atoms with Crippen LogP contribution in [-0.4, -0.2) is 87.6 Å². The number of nitrogens with zero attached hydrogens (tertiary/aromatic N) is 2. The topological polar surface area (TPSA) is 91.0 Å². The van der Waals surface area contributed by atoms with E-state index in [9.17, 15) is 14.4 Å². The number of methoxy groups -OCH3 is 1. The molecule has 1 aliphatic heterocycles. The van der Waals surface area contributed by atoms with Gasteiger partial charge in [-0.1, -0.05) is 6.42 Å². The van der Waals surface area contributed by atoms with Gasteiger partial charge in [0.1, 0.15) is 5.78 Å². The molecule has 0 aromatic carbocycles. The molecule has 0 aromatic rings. The number of amides is 3. The number of likely N-dealkylation sites (tertiary alicyclic amines) is 1. The Kier molecular flexibility index (Phi) is 11.3. The maximum absolute atomic E-state index is 13.3. The van der Waals surface area contributed by atoms with Crippen molar-refractivity contribution < 1.29 is 19.1 Å². The van der Waals surface area contributed by atoms with Gasteiger partial charge in [-0.2, -0.15) is 0 Å². The molecule has 8 heteroatoms. The number of carbonyl (C=O) groups is 3. The van der Waals surface area contributed by atoms with E-state index in [4.69, 9.17) is 4.74 Å². The SMILES string of the molecule is CNC[C@@H](C[C@H]1CCCC(=O)C1)C(=O)N(CCOC)C(=O)NCCN1CCCCC1. The van der Waals surface area contributed by atoms with Gasteiger partial charge in [0.2, 0.25) is 5.91 Å². The smallest absolute Gasteiger partial charge is 0.324 e. The molecule has 0 bridgehead atoms. The second-order valence-electron chi connectivity index (χ2n) is 8.61. The lowest BCUT2D eigenvalue weighted by Crippen LogP contribution is -2.50. The molecule has 3 amide bonds. The highest BCUT2D eigenvalue weighted by molar-refractivity contribution is 5.95. The van der Waals surface area contributed by atoms with Crippen LogP contribution >= 0.6 is 0 Å².